The molecule has 0 amide bonds. The molecule has 0 aliphatic heterocycles. The molecule has 0 radical (unpaired) electrons. The number of aliphatic carboxylic acids is 1. The average Bonchev–Trinajstić information content (AvgIpc) is 2.40. The molecule has 0 spiro atoms. The zero-order valence-electron chi connectivity index (χ0n) is 10.0. The third kappa shape index (κ3) is 3.45. The summed E-state index contributed by atoms with van der Waals surface area (Å²) in [6.07, 6.45) is 0.355. The van der Waals surface area contributed by atoms with Gasteiger partial charge in [-0.3, -0.25) is 0 Å². The fourth-order valence-corrected chi connectivity index (χ4v) is 2.49. The molecule has 0 heterocycles. The van der Waals surface area contributed by atoms with Crippen molar-refractivity contribution < 1.29 is 9.90 Å². The van der Waals surface area contributed by atoms with Crippen LogP contribution in [0.25, 0.3) is 11.1 Å². The molecule has 19 heavy (non-hydrogen) atoms. The van der Waals surface area contributed by atoms with Crippen molar-refractivity contribution in [3.8, 4) is 11.1 Å². The summed E-state index contributed by atoms with van der Waals surface area (Å²) < 4.78 is -1.13. The second-order valence-corrected chi connectivity index (χ2v) is 7.98. The molecule has 0 saturated carbocycles. The van der Waals surface area contributed by atoms with Gasteiger partial charge in [-0.25, -0.2) is 4.79 Å². The molecule has 2 rings (SSSR count). The van der Waals surface area contributed by atoms with E-state index in [1.54, 1.807) is 0 Å². The number of hydrogen-bond donors (Lipinski definition) is 1. The smallest absolute Gasteiger partial charge is 0.331 e. The van der Waals surface area contributed by atoms with E-state index in [0.717, 1.165) is 16.7 Å². The van der Waals surface area contributed by atoms with Crippen LogP contribution >= 0.6 is 31.9 Å². The van der Waals surface area contributed by atoms with Crippen molar-refractivity contribution in [2.75, 3.05) is 0 Å². The van der Waals surface area contributed by atoms with Gasteiger partial charge < -0.3 is 5.11 Å². The van der Waals surface area contributed by atoms with Crippen molar-refractivity contribution in [3.63, 3.8) is 0 Å². The Kier molecular flexibility index (Phi) is 4.42. The van der Waals surface area contributed by atoms with Crippen molar-refractivity contribution in [3.05, 3.63) is 60.2 Å². The van der Waals surface area contributed by atoms with Crippen molar-refractivity contribution in [2.24, 2.45) is 0 Å². The van der Waals surface area contributed by atoms with Gasteiger partial charge >= 0.3 is 5.97 Å². The SMILES string of the molecule is O=C(O)C(Br)(Br)Cc1ccccc1-c1ccccc1. The maximum atomic E-state index is 11.2. The Labute approximate surface area is 128 Å². The molecule has 0 aromatic heterocycles. The number of alkyl halides is 2. The van der Waals surface area contributed by atoms with Gasteiger partial charge in [0.1, 0.15) is 0 Å². The van der Waals surface area contributed by atoms with Crippen molar-refractivity contribution in [2.45, 2.75) is 9.65 Å². The van der Waals surface area contributed by atoms with E-state index in [4.69, 9.17) is 0 Å². The first-order valence-electron chi connectivity index (χ1n) is 5.75. The first-order chi connectivity index (χ1) is 9.00. The molecule has 0 saturated heterocycles. The Morgan fingerprint density at radius 3 is 2.21 bits per heavy atom. The zero-order chi connectivity index (χ0) is 13.9. The van der Waals surface area contributed by atoms with Gasteiger partial charge in [0.2, 0.25) is 0 Å². The summed E-state index contributed by atoms with van der Waals surface area (Å²) in [5, 5.41) is 9.17. The minimum Gasteiger partial charge on any atom is -0.480 e. The van der Waals surface area contributed by atoms with E-state index in [9.17, 15) is 9.90 Å². The van der Waals surface area contributed by atoms with Crippen LogP contribution in [-0.2, 0) is 11.2 Å². The number of carboxylic acid groups (broad SMARTS) is 1. The third-order valence-corrected chi connectivity index (χ3v) is 4.07. The minimum absolute atomic E-state index is 0.355. The lowest BCUT2D eigenvalue weighted by Crippen LogP contribution is -2.27. The van der Waals surface area contributed by atoms with E-state index < -0.39 is 9.20 Å². The van der Waals surface area contributed by atoms with E-state index in [2.05, 4.69) is 31.9 Å². The Hall–Kier alpha value is -1.13. The molecule has 0 bridgehead atoms. The molecule has 2 nitrogen and oxygen atoms in total. The second kappa shape index (κ2) is 5.88. The largest absolute Gasteiger partial charge is 0.480 e. The van der Waals surface area contributed by atoms with E-state index in [1.165, 1.54) is 0 Å². The number of halogens is 2. The van der Waals surface area contributed by atoms with Crippen LogP contribution in [0.3, 0.4) is 0 Å². The lowest BCUT2D eigenvalue weighted by Gasteiger charge is -2.17. The number of rotatable bonds is 4. The van der Waals surface area contributed by atoms with Crippen LogP contribution < -0.4 is 0 Å². The summed E-state index contributed by atoms with van der Waals surface area (Å²) in [6.45, 7) is 0. The predicted molar refractivity (Wildman–Crippen MR) is 83.8 cm³/mol. The molecule has 98 valence electrons. The highest BCUT2D eigenvalue weighted by molar-refractivity contribution is 9.25. The average molecular weight is 384 g/mol. The first-order valence-corrected chi connectivity index (χ1v) is 7.34. The Morgan fingerprint density at radius 1 is 1.00 bits per heavy atom. The van der Waals surface area contributed by atoms with Crippen LogP contribution in [0.4, 0.5) is 0 Å². The van der Waals surface area contributed by atoms with Gasteiger partial charge in [-0.05, 0) is 16.7 Å². The maximum absolute atomic E-state index is 11.2. The van der Waals surface area contributed by atoms with Gasteiger partial charge in [-0.15, -0.1) is 0 Å². The van der Waals surface area contributed by atoms with Gasteiger partial charge in [-0.1, -0.05) is 86.5 Å². The van der Waals surface area contributed by atoms with E-state index in [1.807, 2.05) is 54.6 Å². The van der Waals surface area contributed by atoms with Crippen molar-refractivity contribution in [1.82, 2.24) is 0 Å². The summed E-state index contributed by atoms with van der Waals surface area (Å²) >= 11 is 6.41. The molecule has 2 aromatic rings. The molecule has 1 N–H and O–H groups in total. The van der Waals surface area contributed by atoms with E-state index in [0.29, 0.717) is 6.42 Å². The van der Waals surface area contributed by atoms with E-state index in [-0.39, 0.29) is 0 Å². The molecule has 0 atom stereocenters. The monoisotopic (exact) mass is 382 g/mol. The predicted octanol–water partition coefficient (Wildman–Crippen LogP) is 4.47. The second-order valence-electron chi connectivity index (χ2n) is 4.21. The molecule has 2 aromatic carbocycles. The summed E-state index contributed by atoms with van der Waals surface area (Å²) in [5.41, 5.74) is 3.11. The van der Waals surface area contributed by atoms with Gasteiger partial charge in [0.05, 0.1) is 0 Å². The Morgan fingerprint density at radius 2 is 1.58 bits per heavy atom. The van der Waals surface area contributed by atoms with Gasteiger partial charge in [0, 0.05) is 6.42 Å². The molecule has 0 aliphatic carbocycles. The number of carbonyl (C=O) groups is 1. The Balaban J connectivity index is 2.40. The first kappa shape index (κ1) is 14.3. The highest BCUT2D eigenvalue weighted by atomic mass is 79.9. The van der Waals surface area contributed by atoms with Gasteiger partial charge in [0.25, 0.3) is 0 Å². The summed E-state index contributed by atoms with van der Waals surface area (Å²) in [6, 6.07) is 17.8. The molecular weight excluding hydrogens is 372 g/mol. The fraction of sp³-hybridized carbons (Fsp3) is 0.133. The molecule has 0 unspecified atom stereocenters. The van der Waals surface area contributed by atoms with Crippen LogP contribution in [0, 0.1) is 0 Å². The van der Waals surface area contributed by atoms with Crippen molar-refractivity contribution in [1.29, 1.82) is 0 Å². The topological polar surface area (TPSA) is 37.3 Å². The zero-order valence-corrected chi connectivity index (χ0v) is 13.2. The van der Waals surface area contributed by atoms with Crippen LogP contribution in [0.1, 0.15) is 5.56 Å². The number of carboxylic acids is 1. The lowest BCUT2D eigenvalue weighted by atomic mass is 9.97. The quantitative estimate of drug-likeness (QED) is 0.791. The number of benzene rings is 2. The highest BCUT2D eigenvalue weighted by Gasteiger charge is 2.33. The summed E-state index contributed by atoms with van der Waals surface area (Å²) in [7, 11) is 0. The summed E-state index contributed by atoms with van der Waals surface area (Å²) in [4.78, 5) is 11.2. The van der Waals surface area contributed by atoms with Crippen LogP contribution in [0.5, 0.6) is 0 Å². The lowest BCUT2D eigenvalue weighted by molar-refractivity contribution is -0.136. The minimum atomic E-state index is -1.13. The number of hydrogen-bond acceptors (Lipinski definition) is 1. The molecule has 4 heteroatoms. The molecular formula is C15H12Br2O2. The Bertz CT molecular complexity index is 580. The normalized spacial score (nSPS) is 11.3. The fourth-order valence-electron chi connectivity index (χ4n) is 1.89. The highest BCUT2D eigenvalue weighted by Crippen LogP contribution is 2.34. The standard InChI is InChI=1S/C15H12Br2O2/c16-15(17,14(18)19)10-12-8-4-5-9-13(12)11-6-2-1-3-7-11/h1-9H,10H2,(H,18,19). The maximum Gasteiger partial charge on any atom is 0.331 e. The summed E-state index contributed by atoms with van der Waals surface area (Å²) in [5.74, 6) is -0.935. The third-order valence-electron chi connectivity index (χ3n) is 2.83. The van der Waals surface area contributed by atoms with Crippen LogP contribution in [-0.4, -0.2) is 14.3 Å². The van der Waals surface area contributed by atoms with Gasteiger partial charge in [0.15, 0.2) is 3.23 Å². The van der Waals surface area contributed by atoms with E-state index >= 15 is 0 Å². The van der Waals surface area contributed by atoms with Crippen molar-refractivity contribution >= 4 is 37.8 Å². The molecule has 0 aliphatic rings. The van der Waals surface area contributed by atoms with Gasteiger partial charge in [-0.2, -0.15) is 0 Å². The van der Waals surface area contributed by atoms with Crippen LogP contribution in [0.15, 0.2) is 54.6 Å². The molecule has 0 fully saturated rings. The van der Waals surface area contributed by atoms with Crippen LogP contribution in [0.2, 0.25) is 0 Å².